The lowest BCUT2D eigenvalue weighted by Crippen LogP contribution is -2.27. The molecule has 1 aromatic heterocycles. The van der Waals surface area contributed by atoms with E-state index in [1.165, 1.54) is 0 Å². The lowest BCUT2D eigenvalue weighted by Gasteiger charge is -2.20. The van der Waals surface area contributed by atoms with Crippen LogP contribution in [0.2, 0.25) is 0 Å². The summed E-state index contributed by atoms with van der Waals surface area (Å²) in [5, 5.41) is 2.41. The quantitative estimate of drug-likeness (QED) is 0.826. The van der Waals surface area contributed by atoms with E-state index >= 15 is 0 Å². The Kier molecular flexibility index (Phi) is 3.24. The van der Waals surface area contributed by atoms with Gasteiger partial charge in [0.2, 0.25) is 5.95 Å². The fourth-order valence-corrected chi connectivity index (χ4v) is 1.91. The minimum Gasteiger partial charge on any atom is -0.444 e. The van der Waals surface area contributed by atoms with E-state index in [1.807, 2.05) is 0 Å². The SMILES string of the molecule is CC(C)(C)OC(=O)Nc1nc2c([nH]1)CC(F)(F)CC2. The lowest BCUT2D eigenvalue weighted by atomic mass is 9.98. The number of aromatic amines is 1. The third kappa shape index (κ3) is 3.65. The van der Waals surface area contributed by atoms with Crippen LogP contribution in [0.5, 0.6) is 0 Å². The van der Waals surface area contributed by atoms with E-state index in [1.54, 1.807) is 20.8 Å². The predicted octanol–water partition coefficient (Wildman–Crippen LogP) is 2.88. The van der Waals surface area contributed by atoms with Crippen molar-refractivity contribution in [3.8, 4) is 0 Å². The van der Waals surface area contributed by atoms with Gasteiger partial charge >= 0.3 is 6.09 Å². The molecule has 7 heteroatoms. The highest BCUT2D eigenvalue weighted by molar-refractivity contribution is 5.82. The number of aromatic nitrogens is 2. The van der Waals surface area contributed by atoms with Gasteiger partial charge in [-0.2, -0.15) is 0 Å². The number of carbonyl (C=O) groups is 1. The minimum atomic E-state index is -2.71. The fourth-order valence-electron chi connectivity index (χ4n) is 1.91. The molecule has 1 aromatic rings. The van der Waals surface area contributed by atoms with Crippen LogP contribution in [0.15, 0.2) is 0 Å². The molecular weight excluding hydrogens is 256 g/mol. The second-order valence-corrected chi connectivity index (χ2v) is 5.67. The molecule has 2 N–H and O–H groups in total. The zero-order valence-corrected chi connectivity index (χ0v) is 11.1. The van der Waals surface area contributed by atoms with Crippen LogP contribution in [-0.4, -0.2) is 27.6 Å². The number of ether oxygens (including phenoxy) is 1. The Morgan fingerprint density at radius 3 is 2.79 bits per heavy atom. The van der Waals surface area contributed by atoms with E-state index in [0.29, 0.717) is 11.4 Å². The second-order valence-electron chi connectivity index (χ2n) is 5.67. The Bertz CT molecular complexity index is 492. The number of hydrogen-bond acceptors (Lipinski definition) is 3. The average molecular weight is 273 g/mol. The minimum absolute atomic E-state index is 0.150. The van der Waals surface area contributed by atoms with Gasteiger partial charge in [-0.1, -0.05) is 0 Å². The second kappa shape index (κ2) is 4.47. The topological polar surface area (TPSA) is 67.0 Å². The Labute approximate surface area is 109 Å². The highest BCUT2D eigenvalue weighted by Crippen LogP contribution is 2.32. The van der Waals surface area contributed by atoms with Crippen molar-refractivity contribution in [3.05, 3.63) is 11.4 Å². The molecule has 0 bridgehead atoms. The van der Waals surface area contributed by atoms with E-state index < -0.39 is 17.6 Å². The van der Waals surface area contributed by atoms with Gasteiger partial charge < -0.3 is 9.72 Å². The number of alkyl halides is 2. The van der Waals surface area contributed by atoms with Crippen molar-refractivity contribution in [1.82, 2.24) is 9.97 Å². The van der Waals surface area contributed by atoms with Gasteiger partial charge in [0.05, 0.1) is 12.1 Å². The van der Waals surface area contributed by atoms with Crippen LogP contribution < -0.4 is 5.32 Å². The van der Waals surface area contributed by atoms with Crippen LogP contribution >= 0.6 is 0 Å². The Morgan fingerprint density at radius 2 is 2.16 bits per heavy atom. The summed E-state index contributed by atoms with van der Waals surface area (Å²) in [5.74, 6) is -2.56. The fraction of sp³-hybridized carbons (Fsp3) is 0.667. The maximum atomic E-state index is 13.2. The molecule has 1 amide bonds. The summed E-state index contributed by atoms with van der Waals surface area (Å²) in [6, 6.07) is 0. The first kappa shape index (κ1) is 13.8. The van der Waals surface area contributed by atoms with Crippen LogP contribution in [0.3, 0.4) is 0 Å². The van der Waals surface area contributed by atoms with Crippen LogP contribution in [0.25, 0.3) is 0 Å². The number of anilines is 1. The molecule has 0 unspecified atom stereocenters. The Balaban J connectivity index is 2.04. The van der Waals surface area contributed by atoms with Crippen molar-refractivity contribution in [2.45, 2.75) is 51.6 Å². The maximum absolute atomic E-state index is 13.2. The summed E-state index contributed by atoms with van der Waals surface area (Å²) in [5.41, 5.74) is 0.336. The number of rotatable bonds is 1. The molecule has 0 atom stereocenters. The third-order valence-electron chi connectivity index (χ3n) is 2.65. The van der Waals surface area contributed by atoms with Gasteiger partial charge in [-0.15, -0.1) is 0 Å². The van der Waals surface area contributed by atoms with Crippen molar-refractivity contribution in [1.29, 1.82) is 0 Å². The summed E-state index contributed by atoms with van der Waals surface area (Å²) in [4.78, 5) is 18.3. The number of nitrogens with one attached hydrogen (secondary N) is 2. The molecule has 1 heterocycles. The van der Waals surface area contributed by atoms with Crippen molar-refractivity contribution in [3.63, 3.8) is 0 Å². The number of fused-ring (bicyclic) bond motifs is 1. The average Bonchev–Trinajstić information content (AvgIpc) is 2.53. The number of imidazole rings is 1. The largest absolute Gasteiger partial charge is 0.444 e. The molecule has 1 aliphatic rings. The molecule has 1 aliphatic carbocycles. The van der Waals surface area contributed by atoms with E-state index in [2.05, 4.69) is 15.3 Å². The van der Waals surface area contributed by atoms with Crippen molar-refractivity contribution in [2.24, 2.45) is 0 Å². The zero-order valence-electron chi connectivity index (χ0n) is 11.1. The van der Waals surface area contributed by atoms with E-state index in [4.69, 9.17) is 4.74 Å². The first-order valence-corrected chi connectivity index (χ1v) is 6.10. The molecule has 106 valence electrons. The first-order valence-electron chi connectivity index (χ1n) is 6.10. The van der Waals surface area contributed by atoms with Gasteiger partial charge in [0.15, 0.2) is 0 Å². The molecule has 5 nitrogen and oxygen atoms in total. The van der Waals surface area contributed by atoms with Crippen molar-refractivity contribution >= 4 is 12.0 Å². The highest BCUT2D eigenvalue weighted by Gasteiger charge is 2.36. The molecular formula is C12H17F2N3O2. The summed E-state index contributed by atoms with van der Waals surface area (Å²) in [7, 11) is 0. The molecule has 2 rings (SSSR count). The third-order valence-corrected chi connectivity index (χ3v) is 2.65. The molecule has 0 aromatic carbocycles. The van der Waals surface area contributed by atoms with E-state index in [-0.39, 0.29) is 25.2 Å². The predicted molar refractivity (Wildman–Crippen MR) is 65.4 cm³/mol. The summed E-state index contributed by atoms with van der Waals surface area (Å²) in [6.07, 6.45) is -1.04. The van der Waals surface area contributed by atoms with Gasteiger partial charge in [-0.3, -0.25) is 5.32 Å². The lowest BCUT2D eigenvalue weighted by molar-refractivity contribution is -0.0134. The number of halogens is 2. The van der Waals surface area contributed by atoms with Gasteiger partial charge in [0.1, 0.15) is 5.60 Å². The molecule has 0 spiro atoms. The molecule has 0 radical (unpaired) electrons. The number of hydrogen-bond donors (Lipinski definition) is 2. The zero-order chi connectivity index (χ0) is 14.3. The van der Waals surface area contributed by atoms with Crippen LogP contribution in [-0.2, 0) is 17.6 Å². The van der Waals surface area contributed by atoms with Gasteiger partial charge in [0.25, 0.3) is 5.92 Å². The smallest absolute Gasteiger partial charge is 0.414 e. The van der Waals surface area contributed by atoms with Crippen molar-refractivity contribution in [2.75, 3.05) is 5.32 Å². The summed E-state index contributed by atoms with van der Waals surface area (Å²) >= 11 is 0. The molecule has 19 heavy (non-hydrogen) atoms. The normalized spacial score (nSPS) is 17.7. The number of amides is 1. The Morgan fingerprint density at radius 1 is 1.47 bits per heavy atom. The number of aryl methyl sites for hydroxylation is 1. The maximum Gasteiger partial charge on any atom is 0.414 e. The Hall–Kier alpha value is -1.66. The molecule has 0 saturated heterocycles. The standard InChI is InChI=1S/C12H17F2N3O2/c1-11(2,3)19-10(18)17-9-15-7-4-5-12(13,14)6-8(7)16-9/h4-6H2,1-3H3,(H2,15,16,17,18). The van der Waals surface area contributed by atoms with Crippen molar-refractivity contribution < 1.29 is 18.3 Å². The van der Waals surface area contributed by atoms with E-state index in [9.17, 15) is 13.6 Å². The van der Waals surface area contributed by atoms with Crippen LogP contribution in [0.1, 0.15) is 38.6 Å². The molecule has 0 saturated carbocycles. The number of nitrogens with zero attached hydrogens (tertiary/aromatic N) is 1. The monoisotopic (exact) mass is 273 g/mol. The van der Waals surface area contributed by atoms with Gasteiger partial charge in [0, 0.05) is 12.1 Å². The van der Waals surface area contributed by atoms with Crippen LogP contribution in [0.4, 0.5) is 19.5 Å². The number of H-pyrrole nitrogens is 1. The van der Waals surface area contributed by atoms with Gasteiger partial charge in [-0.05, 0) is 27.2 Å². The summed E-state index contributed by atoms with van der Waals surface area (Å²) < 4.78 is 31.5. The van der Waals surface area contributed by atoms with Crippen LogP contribution in [0, 0.1) is 0 Å². The first-order chi connectivity index (χ1) is 8.65. The van der Waals surface area contributed by atoms with E-state index in [0.717, 1.165) is 0 Å². The molecule has 0 fully saturated rings. The molecule has 0 aliphatic heterocycles. The van der Waals surface area contributed by atoms with Gasteiger partial charge in [-0.25, -0.2) is 18.6 Å². The highest BCUT2D eigenvalue weighted by atomic mass is 19.3. The number of carbonyl (C=O) groups excluding carboxylic acids is 1. The summed E-state index contributed by atoms with van der Waals surface area (Å²) in [6.45, 7) is 5.21.